The van der Waals surface area contributed by atoms with Crippen LogP contribution in [0.1, 0.15) is 53.1 Å². The number of ether oxygens (including phenoxy) is 1. The highest BCUT2D eigenvalue weighted by atomic mass is 35.5. The van der Waals surface area contributed by atoms with E-state index in [-0.39, 0.29) is 45.5 Å². The van der Waals surface area contributed by atoms with Gasteiger partial charge in [-0.3, -0.25) is 9.59 Å². The molecule has 1 fully saturated rings. The van der Waals surface area contributed by atoms with E-state index in [9.17, 15) is 22.8 Å². The highest BCUT2D eigenvalue weighted by Crippen LogP contribution is 2.40. The Hall–Kier alpha value is -4.27. The fourth-order valence-corrected chi connectivity index (χ4v) is 5.32. The van der Waals surface area contributed by atoms with Gasteiger partial charge in [-0.15, -0.1) is 0 Å². The molecule has 1 aliphatic rings. The highest BCUT2D eigenvalue weighted by Gasteiger charge is 2.38. The molecule has 1 saturated carbocycles. The van der Waals surface area contributed by atoms with Crippen LogP contribution in [0.25, 0.3) is 11.1 Å². The van der Waals surface area contributed by atoms with Gasteiger partial charge in [0.2, 0.25) is 5.91 Å². The van der Waals surface area contributed by atoms with Crippen LogP contribution >= 0.6 is 11.6 Å². The molecule has 48 heavy (non-hydrogen) atoms. The zero-order chi connectivity index (χ0) is 35.8. The molecule has 6 N–H and O–H groups in total. The summed E-state index contributed by atoms with van der Waals surface area (Å²) in [5.74, 6) is -6.42. The summed E-state index contributed by atoms with van der Waals surface area (Å²) < 4.78 is 68.6. The second-order valence-electron chi connectivity index (χ2n) is 11.4. The quantitative estimate of drug-likeness (QED) is 0.205. The van der Waals surface area contributed by atoms with Gasteiger partial charge in [0.15, 0.2) is 18.2 Å². The first-order valence-corrected chi connectivity index (χ1v) is 15.2. The number of amides is 2. The Morgan fingerprint density at radius 2 is 1.62 bits per heavy atom. The first-order chi connectivity index (χ1) is 22.5. The van der Waals surface area contributed by atoms with Crippen LogP contribution in [0.2, 0.25) is 5.02 Å². The number of nitrogens with zero attached hydrogens (tertiary/aromatic N) is 1. The second kappa shape index (κ2) is 16.7. The summed E-state index contributed by atoms with van der Waals surface area (Å²) in [5, 5.41) is 10.4. The van der Waals surface area contributed by atoms with Crippen molar-refractivity contribution in [1.82, 2.24) is 10.2 Å². The number of nitrogens with one attached hydrogen (secondary N) is 1. The lowest BCUT2D eigenvalue weighted by Crippen LogP contribution is -2.39. The van der Waals surface area contributed by atoms with Gasteiger partial charge in [-0.25, -0.2) is 13.6 Å². The third-order valence-electron chi connectivity index (χ3n) is 7.77. The number of likely N-dealkylation sites (N-methyl/N-ethyl adjacent to an activating group) is 1. The number of halogens is 6. The summed E-state index contributed by atoms with van der Waals surface area (Å²) in [7, 11) is 3.08. The van der Waals surface area contributed by atoms with Gasteiger partial charge in [-0.05, 0) is 61.1 Å². The van der Waals surface area contributed by atoms with Crippen LogP contribution < -0.4 is 21.5 Å². The Kier molecular flexibility index (Phi) is 13.3. The zero-order valence-corrected chi connectivity index (χ0v) is 26.9. The number of hydrogen-bond acceptors (Lipinski definition) is 6. The van der Waals surface area contributed by atoms with Gasteiger partial charge in [-0.1, -0.05) is 41.9 Å². The standard InChI is InChI=1S/C31H35ClF2N4O3.C2HF3O2/c1-38(2)27(39)17-41-26-13-12-22(31(36)40)28(30(26)34)23-14-19(15-25(33)29(23)32)24(18-6-4-3-5-7-18)16-37-21-10-8-20(35)9-11-21;3-2(4,5)1(6)7/h3-7,12-15,20-21,24,37H,8-11,16-17,35H2,1-2H3,(H2,36,40);(H,6,7). The van der Waals surface area contributed by atoms with Crippen molar-refractivity contribution in [1.29, 1.82) is 0 Å². The van der Waals surface area contributed by atoms with E-state index in [1.807, 2.05) is 30.3 Å². The maximum Gasteiger partial charge on any atom is 0.490 e. The number of carbonyl (C=O) groups excluding carboxylic acids is 2. The molecule has 3 aromatic carbocycles. The molecule has 1 aliphatic carbocycles. The fraction of sp³-hybridized carbons (Fsp3) is 0.364. The van der Waals surface area contributed by atoms with Crippen LogP contribution in [0.15, 0.2) is 54.6 Å². The molecule has 3 aromatic rings. The molecule has 1 atom stereocenters. The highest BCUT2D eigenvalue weighted by molar-refractivity contribution is 6.33. The Balaban J connectivity index is 0.000000804. The van der Waals surface area contributed by atoms with Gasteiger partial charge in [0.1, 0.15) is 5.82 Å². The predicted octanol–water partition coefficient (Wildman–Crippen LogP) is 5.48. The number of primary amides is 1. The first-order valence-electron chi connectivity index (χ1n) is 14.8. The van der Waals surface area contributed by atoms with Crippen LogP contribution in [-0.2, 0) is 9.59 Å². The van der Waals surface area contributed by atoms with Gasteiger partial charge < -0.3 is 31.5 Å². The van der Waals surface area contributed by atoms with Crippen LogP contribution in [-0.4, -0.2) is 73.3 Å². The molecule has 0 bridgehead atoms. The number of carboxylic acid groups (broad SMARTS) is 1. The van der Waals surface area contributed by atoms with Crippen LogP contribution in [0.5, 0.6) is 5.75 Å². The minimum absolute atomic E-state index is 0.0399. The van der Waals surface area contributed by atoms with Crippen molar-refractivity contribution in [3.8, 4) is 16.9 Å². The molecule has 0 aromatic heterocycles. The zero-order valence-electron chi connectivity index (χ0n) is 26.1. The van der Waals surface area contributed by atoms with Crippen molar-refractivity contribution < 1.29 is 46.2 Å². The number of benzene rings is 3. The average Bonchev–Trinajstić information content (AvgIpc) is 3.03. The Bertz CT molecular complexity index is 1600. The molecule has 15 heteroatoms. The summed E-state index contributed by atoms with van der Waals surface area (Å²) in [6.07, 6.45) is -1.33. The summed E-state index contributed by atoms with van der Waals surface area (Å²) in [4.78, 5) is 34.6. The number of hydrogen-bond donors (Lipinski definition) is 4. The molecule has 9 nitrogen and oxygen atoms in total. The Morgan fingerprint density at radius 1 is 1.02 bits per heavy atom. The van der Waals surface area contributed by atoms with Crippen molar-refractivity contribution in [3.63, 3.8) is 0 Å². The number of carbonyl (C=O) groups is 3. The van der Waals surface area contributed by atoms with Crippen LogP contribution in [0.4, 0.5) is 22.0 Å². The predicted molar refractivity (Wildman–Crippen MR) is 170 cm³/mol. The lowest BCUT2D eigenvalue weighted by molar-refractivity contribution is -0.192. The first kappa shape index (κ1) is 38.2. The molecule has 4 rings (SSSR count). The van der Waals surface area contributed by atoms with E-state index < -0.39 is 42.2 Å². The van der Waals surface area contributed by atoms with E-state index in [2.05, 4.69) is 5.32 Å². The second-order valence-corrected chi connectivity index (χ2v) is 11.8. The fourth-order valence-electron chi connectivity index (χ4n) is 5.12. The van der Waals surface area contributed by atoms with Crippen molar-refractivity contribution >= 4 is 29.4 Å². The minimum Gasteiger partial charge on any atom is -0.481 e. The van der Waals surface area contributed by atoms with E-state index in [1.165, 1.54) is 23.1 Å². The number of aliphatic carboxylic acids is 1. The number of nitrogens with two attached hydrogens (primary N) is 2. The summed E-state index contributed by atoms with van der Waals surface area (Å²) in [5.41, 5.74) is 12.6. The van der Waals surface area contributed by atoms with Gasteiger partial charge in [-0.2, -0.15) is 13.2 Å². The van der Waals surface area contributed by atoms with E-state index in [4.69, 9.17) is 37.7 Å². The summed E-state index contributed by atoms with van der Waals surface area (Å²) in [6, 6.07) is 15.5. The molecule has 0 saturated heterocycles. The topological polar surface area (TPSA) is 148 Å². The summed E-state index contributed by atoms with van der Waals surface area (Å²) >= 11 is 6.41. The van der Waals surface area contributed by atoms with Gasteiger partial charge in [0.05, 0.1) is 10.6 Å². The average molecular weight is 699 g/mol. The van der Waals surface area contributed by atoms with Gasteiger partial charge >= 0.3 is 12.1 Å². The summed E-state index contributed by atoms with van der Waals surface area (Å²) in [6.45, 7) is 0.0562. The van der Waals surface area contributed by atoms with Crippen LogP contribution in [0.3, 0.4) is 0 Å². The molecule has 0 heterocycles. The lowest BCUT2D eigenvalue weighted by atomic mass is 9.87. The van der Waals surface area contributed by atoms with Crippen molar-refractivity contribution in [2.75, 3.05) is 27.2 Å². The maximum atomic E-state index is 16.0. The molecule has 0 spiro atoms. The largest absolute Gasteiger partial charge is 0.490 e. The number of alkyl halides is 3. The smallest absolute Gasteiger partial charge is 0.481 e. The molecular formula is C33H36ClF5N4O5. The monoisotopic (exact) mass is 698 g/mol. The van der Waals surface area contributed by atoms with Gasteiger partial charge in [0, 0.05) is 49.8 Å². The van der Waals surface area contributed by atoms with E-state index in [1.54, 1.807) is 20.2 Å². The Labute approximate surface area is 279 Å². The SMILES string of the molecule is CN(C)C(=O)COc1ccc(C(N)=O)c(-c2cc(C(CNC3CCC(N)CC3)c3ccccc3)cc(F)c2Cl)c1F.O=C(O)C(F)(F)F. The normalized spacial score (nSPS) is 16.7. The lowest BCUT2D eigenvalue weighted by Gasteiger charge is -2.29. The molecule has 1 unspecified atom stereocenters. The maximum absolute atomic E-state index is 16.0. The van der Waals surface area contributed by atoms with E-state index in [0.29, 0.717) is 12.1 Å². The van der Waals surface area contributed by atoms with Crippen molar-refractivity contribution in [2.24, 2.45) is 11.5 Å². The van der Waals surface area contributed by atoms with Crippen molar-refractivity contribution in [2.45, 2.75) is 49.9 Å². The number of rotatable bonds is 10. The molecular weight excluding hydrogens is 663 g/mol. The van der Waals surface area contributed by atoms with E-state index >= 15 is 8.78 Å². The third-order valence-corrected chi connectivity index (χ3v) is 8.16. The molecule has 0 aliphatic heterocycles. The van der Waals surface area contributed by atoms with Gasteiger partial charge in [0.25, 0.3) is 5.91 Å². The minimum atomic E-state index is -5.08. The molecule has 0 radical (unpaired) electrons. The van der Waals surface area contributed by atoms with E-state index in [0.717, 1.165) is 31.2 Å². The number of carboxylic acids is 1. The third kappa shape index (κ3) is 10.1. The Morgan fingerprint density at radius 3 is 2.17 bits per heavy atom. The van der Waals surface area contributed by atoms with Crippen LogP contribution in [0, 0.1) is 11.6 Å². The van der Waals surface area contributed by atoms with Crippen molar-refractivity contribution in [3.05, 3.63) is 87.9 Å². The molecule has 260 valence electrons. The molecule has 2 amide bonds.